The summed E-state index contributed by atoms with van der Waals surface area (Å²) in [7, 11) is -1.69. The first-order valence-electron chi connectivity index (χ1n) is 11.4. The van der Waals surface area contributed by atoms with Gasteiger partial charge < -0.3 is 0 Å². The van der Waals surface area contributed by atoms with Crippen molar-refractivity contribution in [3.8, 4) is 11.1 Å². The minimum absolute atomic E-state index is 0.142. The van der Waals surface area contributed by atoms with Crippen molar-refractivity contribution in [1.29, 1.82) is 0 Å². The summed E-state index contributed by atoms with van der Waals surface area (Å²) >= 11 is 0. The van der Waals surface area contributed by atoms with E-state index in [9.17, 15) is 26.6 Å². The first-order valence-corrected chi connectivity index (χ1v) is 12.5. The third-order valence-electron chi connectivity index (χ3n) is 6.39. The van der Waals surface area contributed by atoms with Crippen LogP contribution in [-0.4, -0.2) is 20.0 Å². The molecule has 4 rings (SSSR count). The minimum Gasteiger partial charge on any atom is -0.269 e. The number of nitrogens with zero attached hydrogens (tertiary/aromatic N) is 1. The van der Waals surface area contributed by atoms with Crippen LogP contribution in [0.4, 0.5) is 17.6 Å². The molecule has 0 spiro atoms. The lowest BCUT2D eigenvalue weighted by atomic mass is 9.81. The van der Waals surface area contributed by atoms with Gasteiger partial charge in [0, 0.05) is 11.6 Å². The molecule has 0 N–H and O–H groups in total. The quantitative estimate of drug-likeness (QED) is 0.424. The van der Waals surface area contributed by atoms with E-state index in [1.54, 1.807) is 12.1 Å². The molecule has 34 heavy (non-hydrogen) atoms. The standard InChI is InChI=1S/C26H27F4NO2S/c1-25(2,3)31-24(32)15-23(34(31)33)19-11-9-17(13-20(19)16-7-5-4-6-8-16)18-10-12-22(27)21(14-18)26(28,29)30/h9-16H,4-8H2,1-3H3. The highest BCUT2D eigenvalue weighted by Crippen LogP contribution is 2.42. The van der Waals surface area contributed by atoms with Gasteiger partial charge >= 0.3 is 6.18 Å². The van der Waals surface area contributed by atoms with Crippen LogP contribution in [0.25, 0.3) is 16.0 Å². The Balaban J connectivity index is 1.82. The number of carbonyl (C=O) groups excluding carboxylic acids is 1. The van der Waals surface area contributed by atoms with Crippen molar-refractivity contribution in [2.45, 2.75) is 70.5 Å². The van der Waals surface area contributed by atoms with Crippen molar-refractivity contribution in [2.75, 3.05) is 0 Å². The third kappa shape index (κ3) is 4.69. The number of carbonyl (C=O) groups is 1. The lowest BCUT2D eigenvalue weighted by molar-refractivity contribution is -0.140. The van der Waals surface area contributed by atoms with Gasteiger partial charge in [-0.05, 0) is 73.9 Å². The van der Waals surface area contributed by atoms with E-state index < -0.39 is 34.1 Å². The van der Waals surface area contributed by atoms with Crippen LogP contribution in [0.5, 0.6) is 0 Å². The maximum absolute atomic E-state index is 13.8. The molecular weight excluding hydrogens is 466 g/mol. The van der Waals surface area contributed by atoms with E-state index in [-0.39, 0.29) is 17.4 Å². The molecule has 1 unspecified atom stereocenters. The third-order valence-corrected chi connectivity index (χ3v) is 8.16. The van der Waals surface area contributed by atoms with Crippen LogP contribution < -0.4 is 0 Å². The molecule has 2 aromatic rings. The van der Waals surface area contributed by atoms with Gasteiger partial charge in [-0.2, -0.15) is 13.2 Å². The van der Waals surface area contributed by atoms with Crippen molar-refractivity contribution in [3.05, 3.63) is 65.0 Å². The van der Waals surface area contributed by atoms with Crippen molar-refractivity contribution in [3.63, 3.8) is 0 Å². The van der Waals surface area contributed by atoms with Crippen molar-refractivity contribution < 1.29 is 26.6 Å². The Morgan fingerprint density at radius 3 is 2.15 bits per heavy atom. The van der Waals surface area contributed by atoms with Gasteiger partial charge in [0.05, 0.1) is 10.5 Å². The fourth-order valence-corrected chi connectivity index (χ4v) is 6.28. The maximum atomic E-state index is 13.8. The van der Waals surface area contributed by atoms with Gasteiger partial charge in [0.15, 0.2) is 11.0 Å². The van der Waals surface area contributed by atoms with Crippen LogP contribution in [-0.2, 0) is 22.0 Å². The first kappa shape index (κ1) is 24.6. The molecule has 8 heteroatoms. The predicted molar refractivity (Wildman–Crippen MR) is 125 cm³/mol. The van der Waals surface area contributed by atoms with Crippen LogP contribution in [0.2, 0.25) is 0 Å². The summed E-state index contributed by atoms with van der Waals surface area (Å²) in [5, 5.41) is 0. The zero-order valence-corrected chi connectivity index (χ0v) is 20.2. The van der Waals surface area contributed by atoms with Crippen molar-refractivity contribution >= 4 is 21.8 Å². The highest BCUT2D eigenvalue weighted by Gasteiger charge is 2.39. The highest BCUT2D eigenvalue weighted by atomic mass is 32.2. The van der Waals surface area contributed by atoms with E-state index >= 15 is 0 Å². The summed E-state index contributed by atoms with van der Waals surface area (Å²) in [6.07, 6.45) is 1.59. The van der Waals surface area contributed by atoms with Gasteiger partial charge in [-0.3, -0.25) is 4.79 Å². The summed E-state index contributed by atoms with van der Waals surface area (Å²) in [6, 6.07) is 8.20. The van der Waals surface area contributed by atoms with Crippen LogP contribution in [0, 0.1) is 5.82 Å². The topological polar surface area (TPSA) is 37.4 Å². The number of benzene rings is 2. The van der Waals surface area contributed by atoms with E-state index in [0.717, 1.165) is 49.8 Å². The van der Waals surface area contributed by atoms with E-state index in [0.29, 0.717) is 16.0 Å². The van der Waals surface area contributed by atoms with Crippen LogP contribution in [0.1, 0.15) is 75.5 Å². The molecule has 0 radical (unpaired) electrons. The average Bonchev–Trinajstić information content (AvgIpc) is 3.07. The zero-order chi connectivity index (χ0) is 24.8. The average molecular weight is 494 g/mol. The molecular formula is C26H27F4NO2S. The van der Waals surface area contributed by atoms with Gasteiger partial charge in [0.2, 0.25) is 0 Å². The van der Waals surface area contributed by atoms with E-state index in [2.05, 4.69) is 0 Å². The smallest absolute Gasteiger partial charge is 0.269 e. The number of alkyl halides is 3. The summed E-state index contributed by atoms with van der Waals surface area (Å²) < 4.78 is 68.3. The number of halogens is 4. The largest absolute Gasteiger partial charge is 0.419 e. The molecule has 1 heterocycles. The van der Waals surface area contributed by atoms with Gasteiger partial charge in [0.1, 0.15) is 5.82 Å². The molecule has 1 atom stereocenters. The molecule has 3 nitrogen and oxygen atoms in total. The molecule has 0 saturated heterocycles. The highest BCUT2D eigenvalue weighted by molar-refractivity contribution is 7.93. The summed E-state index contributed by atoms with van der Waals surface area (Å²) in [5.41, 5.74) is 0.405. The molecule has 0 bridgehead atoms. The molecule has 2 aliphatic rings. The number of rotatable bonds is 3. The van der Waals surface area contributed by atoms with Gasteiger partial charge in [0.25, 0.3) is 5.91 Å². The molecule has 1 amide bonds. The van der Waals surface area contributed by atoms with E-state index in [4.69, 9.17) is 0 Å². The molecule has 0 aromatic heterocycles. The number of amides is 1. The Kier molecular flexibility index (Phi) is 6.48. The van der Waals surface area contributed by atoms with Crippen LogP contribution in [0.3, 0.4) is 0 Å². The normalized spacial score (nSPS) is 20.1. The van der Waals surface area contributed by atoms with Gasteiger partial charge in [-0.25, -0.2) is 12.9 Å². The van der Waals surface area contributed by atoms with Gasteiger partial charge in [-0.1, -0.05) is 43.5 Å². The number of hydrogen-bond acceptors (Lipinski definition) is 2. The monoisotopic (exact) mass is 493 g/mol. The summed E-state index contributed by atoms with van der Waals surface area (Å²) in [6.45, 7) is 5.45. The maximum Gasteiger partial charge on any atom is 0.419 e. The molecule has 1 aliphatic heterocycles. The lowest BCUT2D eigenvalue weighted by Gasteiger charge is -2.31. The second-order valence-electron chi connectivity index (χ2n) is 9.89. The molecule has 1 fully saturated rings. The fourth-order valence-electron chi connectivity index (χ4n) is 4.79. The summed E-state index contributed by atoms with van der Waals surface area (Å²) in [5.74, 6) is -1.50. The molecule has 1 aliphatic carbocycles. The number of hydrogen-bond donors (Lipinski definition) is 0. The molecule has 182 valence electrons. The van der Waals surface area contributed by atoms with Crippen LogP contribution >= 0.6 is 0 Å². The fraction of sp³-hybridized carbons (Fsp3) is 0.423. The van der Waals surface area contributed by atoms with Crippen molar-refractivity contribution in [1.82, 2.24) is 4.31 Å². The minimum atomic E-state index is -4.80. The summed E-state index contributed by atoms with van der Waals surface area (Å²) in [4.78, 5) is 13.1. The lowest BCUT2D eigenvalue weighted by Crippen LogP contribution is -2.43. The van der Waals surface area contributed by atoms with Crippen molar-refractivity contribution in [2.24, 2.45) is 0 Å². The second-order valence-corrected chi connectivity index (χ2v) is 11.2. The molecule has 2 aromatic carbocycles. The SMILES string of the molecule is CC(C)(C)N1C(=O)C=C(c2ccc(-c3ccc(F)c(C(F)(F)F)c3)cc2C2CCCCC2)S1=O. The van der Waals surface area contributed by atoms with E-state index in [1.807, 2.05) is 26.8 Å². The Labute approximate surface area is 199 Å². The molecule has 1 saturated carbocycles. The Morgan fingerprint density at radius 2 is 1.56 bits per heavy atom. The second kappa shape index (κ2) is 8.95. The Morgan fingerprint density at radius 1 is 0.941 bits per heavy atom. The van der Waals surface area contributed by atoms with Gasteiger partial charge in [-0.15, -0.1) is 0 Å². The van der Waals surface area contributed by atoms with E-state index in [1.165, 1.54) is 16.4 Å². The Hall–Kier alpha value is -2.48. The first-order chi connectivity index (χ1) is 15.9. The van der Waals surface area contributed by atoms with Crippen LogP contribution in [0.15, 0.2) is 42.5 Å². The Bertz CT molecular complexity index is 1170. The zero-order valence-electron chi connectivity index (χ0n) is 19.3. The predicted octanol–water partition coefficient (Wildman–Crippen LogP) is 7.20.